The average Bonchev–Trinajstić information content (AvgIpc) is 3.17. The lowest BCUT2D eigenvalue weighted by molar-refractivity contribution is 0.0943. The minimum atomic E-state index is -0.361. The Morgan fingerprint density at radius 2 is 2.07 bits per heavy atom. The Hall–Kier alpha value is -1.67. The Morgan fingerprint density at radius 3 is 2.83 bits per heavy atom. The quantitative estimate of drug-likeness (QED) is 0.594. The van der Waals surface area contributed by atoms with E-state index >= 15 is 0 Å². The first-order valence-electron chi connectivity index (χ1n) is 9.68. The number of nitrogens with zero attached hydrogens (tertiary/aromatic N) is 2. The van der Waals surface area contributed by atoms with Gasteiger partial charge >= 0.3 is 0 Å². The molecule has 1 saturated heterocycles. The Balaban J connectivity index is 1.45. The third-order valence-electron chi connectivity index (χ3n) is 4.99. The summed E-state index contributed by atoms with van der Waals surface area (Å²) in [5.41, 5.74) is 0.665. The highest BCUT2D eigenvalue weighted by atomic mass is 35.5. The maximum absolute atomic E-state index is 12.3. The molecule has 2 amide bonds. The number of hydrogen-bond acceptors (Lipinski definition) is 5. The van der Waals surface area contributed by atoms with E-state index in [1.807, 2.05) is 0 Å². The molecule has 1 atom stereocenters. The van der Waals surface area contributed by atoms with Crippen LogP contribution in [0.25, 0.3) is 0 Å². The van der Waals surface area contributed by atoms with Gasteiger partial charge in [-0.15, -0.1) is 11.3 Å². The summed E-state index contributed by atoms with van der Waals surface area (Å²) in [7, 11) is 0. The maximum Gasteiger partial charge on any atom is 0.270 e. The highest BCUT2D eigenvalue weighted by Gasteiger charge is 2.18. The SMILES string of the molecule is CC1CCCCN1CCCNC(=O)c1csc(NC(=O)c2ccc(Cl)c(Cl)c2)n1. The summed E-state index contributed by atoms with van der Waals surface area (Å²) >= 11 is 13.0. The number of piperidine rings is 1. The van der Waals surface area contributed by atoms with Crippen molar-refractivity contribution >= 4 is 51.5 Å². The van der Waals surface area contributed by atoms with Gasteiger partial charge in [-0.1, -0.05) is 29.6 Å². The molecule has 1 unspecified atom stereocenters. The second-order valence-electron chi connectivity index (χ2n) is 7.11. The number of halogens is 2. The van der Waals surface area contributed by atoms with Crippen LogP contribution < -0.4 is 10.6 Å². The molecule has 1 aliphatic rings. The van der Waals surface area contributed by atoms with Crippen molar-refractivity contribution in [2.75, 3.05) is 25.0 Å². The van der Waals surface area contributed by atoms with E-state index in [1.165, 1.54) is 36.7 Å². The lowest BCUT2D eigenvalue weighted by atomic mass is 10.0. The van der Waals surface area contributed by atoms with E-state index in [0.717, 1.165) is 19.5 Å². The summed E-state index contributed by atoms with van der Waals surface area (Å²) < 4.78 is 0. The van der Waals surface area contributed by atoms with Crippen LogP contribution >= 0.6 is 34.5 Å². The highest BCUT2D eigenvalue weighted by molar-refractivity contribution is 7.14. The van der Waals surface area contributed by atoms with Crippen molar-refractivity contribution in [3.63, 3.8) is 0 Å². The number of nitrogens with one attached hydrogen (secondary N) is 2. The molecule has 0 aliphatic carbocycles. The van der Waals surface area contributed by atoms with Crippen LogP contribution in [0.15, 0.2) is 23.6 Å². The molecule has 2 N–H and O–H groups in total. The molecule has 2 aromatic rings. The van der Waals surface area contributed by atoms with Gasteiger partial charge in [-0.25, -0.2) is 4.98 Å². The molecule has 0 spiro atoms. The fourth-order valence-corrected chi connectivity index (χ4v) is 4.29. The van der Waals surface area contributed by atoms with Gasteiger partial charge in [0, 0.05) is 30.1 Å². The van der Waals surface area contributed by atoms with Gasteiger partial charge < -0.3 is 10.2 Å². The van der Waals surface area contributed by atoms with Gasteiger partial charge in [0.15, 0.2) is 5.13 Å². The van der Waals surface area contributed by atoms with E-state index in [2.05, 4.69) is 27.4 Å². The van der Waals surface area contributed by atoms with Crippen LogP contribution in [0.5, 0.6) is 0 Å². The molecule has 0 saturated carbocycles. The second-order valence-corrected chi connectivity index (χ2v) is 8.78. The van der Waals surface area contributed by atoms with Crippen LogP contribution in [0.4, 0.5) is 5.13 Å². The van der Waals surface area contributed by atoms with Crippen molar-refractivity contribution in [2.24, 2.45) is 0 Å². The predicted octanol–water partition coefficient (Wildman–Crippen LogP) is 4.70. The predicted molar refractivity (Wildman–Crippen MR) is 118 cm³/mol. The largest absolute Gasteiger partial charge is 0.351 e. The number of hydrogen-bond donors (Lipinski definition) is 2. The molecule has 1 aromatic heterocycles. The van der Waals surface area contributed by atoms with Gasteiger partial charge in [0.05, 0.1) is 10.0 Å². The first-order chi connectivity index (χ1) is 13.9. The van der Waals surface area contributed by atoms with Crippen LogP contribution in [0.3, 0.4) is 0 Å². The van der Waals surface area contributed by atoms with E-state index in [0.29, 0.717) is 39.0 Å². The topological polar surface area (TPSA) is 74.3 Å². The normalized spacial score (nSPS) is 17.1. The van der Waals surface area contributed by atoms with Crippen molar-refractivity contribution in [1.82, 2.24) is 15.2 Å². The Bertz CT molecular complexity index is 874. The van der Waals surface area contributed by atoms with Crippen molar-refractivity contribution in [3.8, 4) is 0 Å². The summed E-state index contributed by atoms with van der Waals surface area (Å²) in [6, 6.07) is 5.25. The fraction of sp³-hybridized carbons (Fsp3) is 0.450. The smallest absolute Gasteiger partial charge is 0.270 e. The summed E-state index contributed by atoms with van der Waals surface area (Å²) in [5, 5.41) is 8.24. The zero-order valence-electron chi connectivity index (χ0n) is 16.2. The molecule has 1 aromatic carbocycles. The Labute approximate surface area is 184 Å². The lowest BCUT2D eigenvalue weighted by Gasteiger charge is -2.33. The van der Waals surface area contributed by atoms with E-state index in [-0.39, 0.29) is 11.8 Å². The Kier molecular flexibility index (Phi) is 7.89. The summed E-state index contributed by atoms with van der Waals surface area (Å²) in [6.07, 6.45) is 4.72. The molecule has 29 heavy (non-hydrogen) atoms. The van der Waals surface area contributed by atoms with E-state index in [1.54, 1.807) is 17.5 Å². The van der Waals surface area contributed by atoms with Crippen molar-refractivity contribution < 1.29 is 9.59 Å². The van der Waals surface area contributed by atoms with Gasteiger partial charge in [-0.3, -0.25) is 14.9 Å². The first kappa shape index (κ1) is 22.0. The molecule has 0 bridgehead atoms. The van der Waals surface area contributed by atoms with E-state index in [4.69, 9.17) is 23.2 Å². The molecule has 3 rings (SSSR count). The van der Waals surface area contributed by atoms with Gasteiger partial charge in [0.1, 0.15) is 5.69 Å². The van der Waals surface area contributed by atoms with Crippen LogP contribution in [0, 0.1) is 0 Å². The number of benzene rings is 1. The number of likely N-dealkylation sites (tertiary alicyclic amines) is 1. The van der Waals surface area contributed by atoms with Crippen LogP contribution in [0.1, 0.15) is 53.5 Å². The van der Waals surface area contributed by atoms with Crippen molar-refractivity contribution in [3.05, 3.63) is 44.9 Å². The lowest BCUT2D eigenvalue weighted by Crippen LogP contribution is -2.39. The standard InChI is InChI=1S/C20H24Cl2N4O2S/c1-13-5-2-3-9-26(13)10-4-8-23-19(28)17-12-29-20(24-17)25-18(27)14-6-7-15(21)16(22)11-14/h6-7,11-13H,2-5,8-10H2,1H3,(H,23,28)(H,24,25,27). The summed E-state index contributed by atoms with van der Waals surface area (Å²) in [4.78, 5) is 31.3. The van der Waals surface area contributed by atoms with Gasteiger partial charge in [0.25, 0.3) is 11.8 Å². The minimum Gasteiger partial charge on any atom is -0.351 e. The molecule has 156 valence electrons. The highest BCUT2D eigenvalue weighted by Crippen LogP contribution is 2.24. The molecule has 0 radical (unpaired) electrons. The molecular formula is C20H24Cl2N4O2S. The molecular weight excluding hydrogens is 431 g/mol. The van der Waals surface area contributed by atoms with Crippen LogP contribution in [-0.2, 0) is 0 Å². The fourth-order valence-electron chi connectivity index (χ4n) is 3.31. The maximum atomic E-state index is 12.3. The number of anilines is 1. The van der Waals surface area contributed by atoms with E-state index in [9.17, 15) is 9.59 Å². The molecule has 9 heteroatoms. The molecule has 6 nitrogen and oxygen atoms in total. The number of thiazole rings is 1. The third-order valence-corrected chi connectivity index (χ3v) is 6.48. The van der Waals surface area contributed by atoms with Gasteiger partial charge in [-0.05, 0) is 50.9 Å². The monoisotopic (exact) mass is 454 g/mol. The number of aromatic nitrogens is 1. The minimum absolute atomic E-state index is 0.233. The zero-order valence-corrected chi connectivity index (χ0v) is 18.5. The Morgan fingerprint density at radius 1 is 1.24 bits per heavy atom. The van der Waals surface area contributed by atoms with Crippen LogP contribution in [-0.4, -0.2) is 47.4 Å². The van der Waals surface area contributed by atoms with Gasteiger partial charge in [0.2, 0.25) is 0 Å². The van der Waals surface area contributed by atoms with Gasteiger partial charge in [-0.2, -0.15) is 0 Å². The summed E-state index contributed by atoms with van der Waals surface area (Å²) in [5.74, 6) is -0.594. The third kappa shape index (κ3) is 6.15. The second kappa shape index (κ2) is 10.4. The number of carbonyl (C=O) groups excluding carboxylic acids is 2. The first-order valence-corrected chi connectivity index (χ1v) is 11.3. The van der Waals surface area contributed by atoms with Crippen molar-refractivity contribution in [1.29, 1.82) is 0 Å². The number of amides is 2. The van der Waals surface area contributed by atoms with Crippen molar-refractivity contribution in [2.45, 2.75) is 38.6 Å². The molecule has 1 aliphatic heterocycles. The zero-order chi connectivity index (χ0) is 20.8. The number of carbonyl (C=O) groups is 2. The van der Waals surface area contributed by atoms with Crippen LogP contribution in [0.2, 0.25) is 10.0 Å². The number of rotatable bonds is 7. The molecule has 2 heterocycles. The van der Waals surface area contributed by atoms with E-state index < -0.39 is 0 Å². The summed E-state index contributed by atoms with van der Waals surface area (Å²) in [6.45, 7) is 5.00. The average molecular weight is 455 g/mol. The molecule has 1 fully saturated rings.